The van der Waals surface area contributed by atoms with Crippen LogP contribution in [-0.2, 0) is 11.0 Å². The molecule has 2 amide bonds. The Morgan fingerprint density at radius 1 is 1.22 bits per heavy atom. The minimum absolute atomic E-state index is 0.0105. The van der Waals surface area contributed by atoms with E-state index in [0.717, 1.165) is 29.9 Å². The summed E-state index contributed by atoms with van der Waals surface area (Å²) >= 11 is 1.06. The molecule has 0 aliphatic heterocycles. The van der Waals surface area contributed by atoms with E-state index in [4.69, 9.17) is 0 Å². The van der Waals surface area contributed by atoms with Gasteiger partial charge in [0.15, 0.2) is 0 Å². The number of nitrogens with one attached hydrogen (secondary N) is 2. The molecule has 1 aromatic heterocycles. The molecule has 146 valence electrons. The molecular formula is C18H20F3N3O2S. The molecule has 0 fully saturated rings. The van der Waals surface area contributed by atoms with Gasteiger partial charge in [-0.2, -0.15) is 13.2 Å². The van der Waals surface area contributed by atoms with Crippen LogP contribution in [0.15, 0.2) is 29.6 Å². The highest BCUT2D eigenvalue weighted by Gasteiger charge is 2.30. The van der Waals surface area contributed by atoms with E-state index in [1.54, 1.807) is 6.92 Å². The predicted molar refractivity (Wildman–Crippen MR) is 97.4 cm³/mol. The van der Waals surface area contributed by atoms with E-state index in [0.29, 0.717) is 5.01 Å². The average molecular weight is 399 g/mol. The van der Waals surface area contributed by atoms with Crippen molar-refractivity contribution in [1.82, 2.24) is 15.6 Å². The van der Waals surface area contributed by atoms with Gasteiger partial charge in [-0.05, 0) is 32.4 Å². The zero-order valence-corrected chi connectivity index (χ0v) is 15.9. The fraction of sp³-hybridized carbons (Fsp3) is 0.389. The first-order chi connectivity index (χ1) is 12.6. The van der Waals surface area contributed by atoms with E-state index >= 15 is 0 Å². The lowest BCUT2D eigenvalue weighted by Crippen LogP contribution is -2.47. The van der Waals surface area contributed by atoms with Crippen molar-refractivity contribution in [2.75, 3.05) is 0 Å². The number of hydrogen-bond acceptors (Lipinski definition) is 4. The summed E-state index contributed by atoms with van der Waals surface area (Å²) in [5, 5.41) is 7.04. The number of carbonyl (C=O) groups is 2. The SMILES string of the molecule is CCC(C)NC(=O)C(C)NC(=O)c1csc(-c2cccc(C(F)(F)F)c2)n1. The molecule has 0 aliphatic rings. The Morgan fingerprint density at radius 3 is 2.56 bits per heavy atom. The highest BCUT2D eigenvalue weighted by molar-refractivity contribution is 7.13. The lowest BCUT2D eigenvalue weighted by molar-refractivity contribution is -0.137. The smallest absolute Gasteiger partial charge is 0.352 e. The largest absolute Gasteiger partial charge is 0.416 e. The third kappa shape index (κ3) is 5.53. The Kier molecular flexibility index (Phi) is 6.59. The molecule has 0 bridgehead atoms. The number of hydrogen-bond donors (Lipinski definition) is 2. The minimum Gasteiger partial charge on any atom is -0.352 e. The maximum absolute atomic E-state index is 12.8. The number of rotatable bonds is 6. The molecule has 1 aromatic carbocycles. The van der Waals surface area contributed by atoms with E-state index in [1.165, 1.54) is 17.5 Å². The Balaban J connectivity index is 2.09. The van der Waals surface area contributed by atoms with Crippen LogP contribution in [0.1, 0.15) is 43.2 Å². The number of halogens is 3. The standard InChI is InChI=1S/C18H20F3N3O2S/c1-4-10(2)22-15(25)11(3)23-16(26)14-9-27-17(24-14)12-6-5-7-13(8-12)18(19,20)21/h5-11H,4H2,1-3H3,(H,22,25)(H,23,26). The van der Waals surface area contributed by atoms with Gasteiger partial charge in [-0.25, -0.2) is 4.98 Å². The number of nitrogens with zero attached hydrogens (tertiary/aromatic N) is 1. The van der Waals surface area contributed by atoms with Gasteiger partial charge in [0.05, 0.1) is 5.56 Å². The van der Waals surface area contributed by atoms with Gasteiger partial charge in [0, 0.05) is 17.0 Å². The first-order valence-corrected chi connectivity index (χ1v) is 9.24. The van der Waals surface area contributed by atoms with Crippen molar-refractivity contribution in [3.05, 3.63) is 40.9 Å². The van der Waals surface area contributed by atoms with Crippen LogP contribution in [0.4, 0.5) is 13.2 Å². The Morgan fingerprint density at radius 2 is 1.93 bits per heavy atom. The maximum atomic E-state index is 12.8. The fourth-order valence-electron chi connectivity index (χ4n) is 2.15. The molecular weight excluding hydrogens is 379 g/mol. The average Bonchev–Trinajstić information content (AvgIpc) is 3.11. The Hall–Kier alpha value is -2.42. The molecule has 2 atom stereocenters. The van der Waals surface area contributed by atoms with E-state index in [1.807, 2.05) is 13.8 Å². The fourth-order valence-corrected chi connectivity index (χ4v) is 2.94. The lowest BCUT2D eigenvalue weighted by atomic mass is 10.1. The zero-order valence-electron chi connectivity index (χ0n) is 15.1. The van der Waals surface area contributed by atoms with E-state index in [2.05, 4.69) is 15.6 Å². The van der Waals surface area contributed by atoms with Crippen molar-refractivity contribution in [2.45, 2.75) is 45.5 Å². The van der Waals surface area contributed by atoms with Crippen LogP contribution in [0, 0.1) is 0 Å². The highest BCUT2D eigenvalue weighted by Crippen LogP contribution is 2.33. The third-order valence-corrected chi connectivity index (χ3v) is 4.81. The van der Waals surface area contributed by atoms with Gasteiger partial charge in [-0.3, -0.25) is 9.59 Å². The van der Waals surface area contributed by atoms with Crippen LogP contribution < -0.4 is 10.6 Å². The van der Waals surface area contributed by atoms with Crippen molar-refractivity contribution in [2.24, 2.45) is 0 Å². The van der Waals surface area contributed by atoms with Gasteiger partial charge in [-0.1, -0.05) is 19.1 Å². The van der Waals surface area contributed by atoms with Gasteiger partial charge >= 0.3 is 6.18 Å². The van der Waals surface area contributed by atoms with Crippen LogP contribution >= 0.6 is 11.3 Å². The normalized spacial score (nSPS) is 13.7. The Labute approximate surface area is 159 Å². The summed E-state index contributed by atoms with van der Waals surface area (Å²) in [6.07, 6.45) is -3.69. The third-order valence-electron chi connectivity index (χ3n) is 3.92. The van der Waals surface area contributed by atoms with Crippen molar-refractivity contribution in [3.63, 3.8) is 0 Å². The molecule has 1 heterocycles. The van der Waals surface area contributed by atoms with Gasteiger partial charge < -0.3 is 10.6 Å². The van der Waals surface area contributed by atoms with Crippen LogP contribution in [0.25, 0.3) is 10.6 Å². The van der Waals surface area contributed by atoms with Crippen LogP contribution in [0.5, 0.6) is 0 Å². The number of aromatic nitrogens is 1. The molecule has 2 unspecified atom stereocenters. The summed E-state index contributed by atoms with van der Waals surface area (Å²) in [5.74, 6) is -0.873. The van der Waals surface area contributed by atoms with Gasteiger partial charge in [0.2, 0.25) is 5.91 Å². The molecule has 0 saturated carbocycles. The molecule has 5 nitrogen and oxygen atoms in total. The number of carbonyl (C=O) groups excluding carboxylic acids is 2. The minimum atomic E-state index is -4.45. The molecule has 0 aliphatic carbocycles. The zero-order chi connectivity index (χ0) is 20.2. The summed E-state index contributed by atoms with van der Waals surface area (Å²) in [6, 6.07) is 3.98. The van der Waals surface area contributed by atoms with Gasteiger partial charge in [-0.15, -0.1) is 11.3 Å². The van der Waals surface area contributed by atoms with Crippen LogP contribution in [0.3, 0.4) is 0 Å². The number of amides is 2. The second kappa shape index (κ2) is 8.51. The van der Waals surface area contributed by atoms with Crippen LogP contribution in [-0.4, -0.2) is 28.9 Å². The predicted octanol–water partition coefficient (Wildman–Crippen LogP) is 3.86. The quantitative estimate of drug-likeness (QED) is 0.775. The molecule has 0 spiro atoms. The van der Waals surface area contributed by atoms with Crippen molar-refractivity contribution in [3.8, 4) is 10.6 Å². The van der Waals surface area contributed by atoms with Crippen LogP contribution in [0.2, 0.25) is 0 Å². The lowest BCUT2D eigenvalue weighted by Gasteiger charge is -2.16. The van der Waals surface area contributed by atoms with Crippen molar-refractivity contribution >= 4 is 23.2 Å². The summed E-state index contributed by atoms with van der Waals surface area (Å²) in [7, 11) is 0. The molecule has 2 rings (SSSR count). The topological polar surface area (TPSA) is 71.1 Å². The monoisotopic (exact) mass is 399 g/mol. The molecule has 27 heavy (non-hydrogen) atoms. The molecule has 2 N–H and O–H groups in total. The van der Waals surface area contributed by atoms with E-state index in [-0.39, 0.29) is 23.2 Å². The Bertz CT molecular complexity index is 820. The number of benzene rings is 1. The molecule has 0 saturated heterocycles. The van der Waals surface area contributed by atoms with Gasteiger partial charge in [0.25, 0.3) is 5.91 Å². The number of thiazole rings is 1. The summed E-state index contributed by atoms with van der Waals surface area (Å²) in [4.78, 5) is 28.3. The first kappa shape index (κ1) is 20.9. The summed E-state index contributed by atoms with van der Waals surface area (Å²) in [6.45, 7) is 5.34. The second-order valence-electron chi connectivity index (χ2n) is 6.13. The molecule has 9 heteroatoms. The number of alkyl halides is 3. The second-order valence-corrected chi connectivity index (χ2v) is 6.99. The maximum Gasteiger partial charge on any atom is 0.416 e. The van der Waals surface area contributed by atoms with E-state index < -0.39 is 23.7 Å². The molecule has 0 radical (unpaired) electrons. The summed E-state index contributed by atoms with van der Waals surface area (Å²) in [5.41, 5.74) is -0.455. The summed E-state index contributed by atoms with van der Waals surface area (Å²) < 4.78 is 38.5. The van der Waals surface area contributed by atoms with E-state index in [9.17, 15) is 22.8 Å². The molecule has 2 aromatic rings. The highest BCUT2D eigenvalue weighted by atomic mass is 32.1. The van der Waals surface area contributed by atoms with Crippen molar-refractivity contribution in [1.29, 1.82) is 0 Å². The first-order valence-electron chi connectivity index (χ1n) is 8.36. The van der Waals surface area contributed by atoms with Gasteiger partial charge in [0.1, 0.15) is 16.7 Å². The van der Waals surface area contributed by atoms with Crippen molar-refractivity contribution < 1.29 is 22.8 Å².